The number of hydrogen-bond donors (Lipinski definition) is 0. The lowest BCUT2D eigenvalue weighted by Gasteiger charge is -2.41. The Kier molecular flexibility index (Phi) is 5.75. The van der Waals surface area contributed by atoms with E-state index in [4.69, 9.17) is 0 Å². The fourth-order valence-electron chi connectivity index (χ4n) is 3.90. The number of aryl methyl sites for hydroxylation is 1. The van der Waals surface area contributed by atoms with Gasteiger partial charge in [-0.05, 0) is 43.7 Å². The normalized spacial score (nSPS) is 17.5. The molecule has 0 unspecified atom stereocenters. The molecule has 0 radical (unpaired) electrons. The van der Waals surface area contributed by atoms with E-state index in [9.17, 15) is 13.2 Å². The van der Waals surface area contributed by atoms with Crippen LogP contribution in [0, 0.1) is 6.92 Å². The van der Waals surface area contributed by atoms with Crippen molar-refractivity contribution in [1.29, 1.82) is 0 Å². The average molecular weight is 445 g/mol. The van der Waals surface area contributed by atoms with E-state index in [1.807, 2.05) is 6.07 Å². The van der Waals surface area contributed by atoms with E-state index in [0.29, 0.717) is 24.1 Å². The standard InChI is InChI=1S/C21H24N4O3S2/c1-15-5-3-6-17(13-15)25-11-10-24(14-16(25)2)20(26)9-12-30(27,28)19-8-4-7-18-21(19)23-29-22-18/h3-8,13,16H,9-12,14H2,1-2H3/t16-/m1/s1. The van der Waals surface area contributed by atoms with Crippen LogP contribution >= 0.6 is 11.7 Å². The summed E-state index contributed by atoms with van der Waals surface area (Å²) in [7, 11) is -3.62. The van der Waals surface area contributed by atoms with Gasteiger partial charge in [0, 0.05) is 37.8 Å². The Balaban J connectivity index is 1.39. The molecule has 0 aliphatic carbocycles. The van der Waals surface area contributed by atoms with Crippen LogP contribution in [-0.4, -0.2) is 59.4 Å². The number of aromatic nitrogens is 2. The predicted molar refractivity (Wildman–Crippen MR) is 119 cm³/mol. The van der Waals surface area contributed by atoms with Gasteiger partial charge < -0.3 is 9.80 Å². The third-order valence-electron chi connectivity index (χ3n) is 5.48. The van der Waals surface area contributed by atoms with Crippen LogP contribution in [0.3, 0.4) is 0 Å². The van der Waals surface area contributed by atoms with Crippen molar-refractivity contribution >= 4 is 44.2 Å². The fraction of sp³-hybridized carbons (Fsp3) is 0.381. The second kappa shape index (κ2) is 8.31. The lowest BCUT2D eigenvalue weighted by Crippen LogP contribution is -2.54. The van der Waals surface area contributed by atoms with Gasteiger partial charge in [0.15, 0.2) is 9.84 Å². The largest absolute Gasteiger partial charge is 0.365 e. The third kappa shape index (κ3) is 4.17. The molecule has 0 spiro atoms. The zero-order chi connectivity index (χ0) is 21.3. The maximum atomic E-state index is 12.8. The fourth-order valence-corrected chi connectivity index (χ4v) is 5.90. The van der Waals surface area contributed by atoms with Crippen LogP contribution in [0.5, 0.6) is 0 Å². The Morgan fingerprint density at radius 2 is 1.97 bits per heavy atom. The highest BCUT2D eigenvalue weighted by Gasteiger charge is 2.28. The number of sulfone groups is 1. The highest BCUT2D eigenvalue weighted by atomic mass is 32.2. The topological polar surface area (TPSA) is 83.5 Å². The molecule has 1 aromatic heterocycles. The van der Waals surface area contributed by atoms with E-state index in [1.54, 1.807) is 17.0 Å². The lowest BCUT2D eigenvalue weighted by atomic mass is 10.1. The molecular weight excluding hydrogens is 420 g/mol. The molecule has 1 fully saturated rings. The molecule has 4 rings (SSSR count). The minimum Gasteiger partial charge on any atom is -0.365 e. The van der Waals surface area contributed by atoms with Crippen LogP contribution in [0.25, 0.3) is 11.0 Å². The van der Waals surface area contributed by atoms with Gasteiger partial charge in [0.1, 0.15) is 11.0 Å². The number of rotatable bonds is 5. The monoisotopic (exact) mass is 444 g/mol. The minimum atomic E-state index is -3.62. The third-order valence-corrected chi connectivity index (χ3v) is 7.77. The number of carbonyl (C=O) groups is 1. The number of fused-ring (bicyclic) bond motifs is 1. The van der Waals surface area contributed by atoms with Gasteiger partial charge in [-0.15, -0.1) is 0 Å². The van der Waals surface area contributed by atoms with Gasteiger partial charge in [-0.25, -0.2) is 8.42 Å². The van der Waals surface area contributed by atoms with Crippen LogP contribution in [0.15, 0.2) is 47.4 Å². The van der Waals surface area contributed by atoms with Gasteiger partial charge >= 0.3 is 0 Å². The Morgan fingerprint density at radius 1 is 1.17 bits per heavy atom. The Hall–Kier alpha value is -2.52. The van der Waals surface area contributed by atoms with Crippen LogP contribution in [0.4, 0.5) is 5.69 Å². The summed E-state index contributed by atoms with van der Waals surface area (Å²) < 4.78 is 33.8. The van der Waals surface area contributed by atoms with Crippen molar-refractivity contribution in [3.63, 3.8) is 0 Å². The summed E-state index contributed by atoms with van der Waals surface area (Å²) in [6, 6.07) is 13.4. The van der Waals surface area contributed by atoms with Gasteiger partial charge in [0.2, 0.25) is 5.91 Å². The molecule has 2 aromatic carbocycles. The molecule has 2 heterocycles. The van der Waals surface area contributed by atoms with Gasteiger partial charge in [0.05, 0.1) is 22.4 Å². The van der Waals surface area contributed by atoms with Crippen molar-refractivity contribution in [2.75, 3.05) is 30.3 Å². The summed E-state index contributed by atoms with van der Waals surface area (Å²) in [5, 5.41) is 0. The van der Waals surface area contributed by atoms with Crippen LogP contribution < -0.4 is 4.90 Å². The minimum absolute atomic E-state index is 0.0343. The van der Waals surface area contributed by atoms with E-state index in [1.165, 1.54) is 11.6 Å². The molecular formula is C21H24N4O3S2. The SMILES string of the molecule is Cc1cccc(N2CCN(C(=O)CCS(=O)(=O)c3cccc4nsnc34)C[C@H]2C)c1. The highest BCUT2D eigenvalue weighted by Crippen LogP contribution is 2.24. The number of carbonyl (C=O) groups excluding carboxylic acids is 1. The van der Waals surface area contributed by atoms with Crippen LogP contribution in [0.2, 0.25) is 0 Å². The van der Waals surface area contributed by atoms with E-state index < -0.39 is 9.84 Å². The number of benzene rings is 2. The average Bonchev–Trinajstić information content (AvgIpc) is 3.20. The number of piperazine rings is 1. The highest BCUT2D eigenvalue weighted by molar-refractivity contribution is 7.91. The zero-order valence-electron chi connectivity index (χ0n) is 17.0. The first-order valence-corrected chi connectivity index (χ1v) is 12.3. The lowest BCUT2D eigenvalue weighted by molar-refractivity contribution is -0.131. The maximum Gasteiger partial charge on any atom is 0.223 e. The van der Waals surface area contributed by atoms with E-state index in [2.05, 4.69) is 45.7 Å². The quantitative estimate of drug-likeness (QED) is 0.602. The summed E-state index contributed by atoms with van der Waals surface area (Å²) in [5.41, 5.74) is 3.31. The number of nitrogens with zero attached hydrogens (tertiary/aromatic N) is 4. The Bertz CT molecular complexity index is 1180. The van der Waals surface area contributed by atoms with Crippen LogP contribution in [0.1, 0.15) is 18.9 Å². The second-order valence-corrected chi connectivity index (χ2v) is 10.3. The molecule has 0 bridgehead atoms. The summed E-state index contributed by atoms with van der Waals surface area (Å²) in [4.78, 5) is 17.0. The molecule has 0 saturated carbocycles. The Labute approximate surface area is 180 Å². The summed E-state index contributed by atoms with van der Waals surface area (Å²) in [5.74, 6) is -0.354. The van der Waals surface area contributed by atoms with Crippen molar-refractivity contribution in [1.82, 2.24) is 13.6 Å². The molecule has 30 heavy (non-hydrogen) atoms. The molecule has 158 valence electrons. The van der Waals surface area contributed by atoms with Gasteiger partial charge in [-0.2, -0.15) is 8.75 Å². The molecule has 1 atom stereocenters. The molecule has 1 aliphatic heterocycles. The van der Waals surface area contributed by atoms with E-state index in [0.717, 1.165) is 24.0 Å². The summed E-state index contributed by atoms with van der Waals surface area (Å²) in [6.07, 6.45) is -0.0343. The van der Waals surface area contributed by atoms with Gasteiger partial charge in [-0.1, -0.05) is 18.2 Å². The zero-order valence-corrected chi connectivity index (χ0v) is 18.6. The van der Waals surface area contributed by atoms with Crippen LogP contribution in [-0.2, 0) is 14.6 Å². The van der Waals surface area contributed by atoms with E-state index in [-0.39, 0.29) is 29.0 Å². The first-order chi connectivity index (χ1) is 14.3. The molecule has 9 heteroatoms. The molecule has 1 saturated heterocycles. The number of amides is 1. The van der Waals surface area contributed by atoms with Crippen molar-refractivity contribution < 1.29 is 13.2 Å². The Morgan fingerprint density at radius 3 is 2.73 bits per heavy atom. The maximum absolute atomic E-state index is 12.8. The van der Waals surface area contributed by atoms with Gasteiger partial charge in [-0.3, -0.25) is 4.79 Å². The van der Waals surface area contributed by atoms with Crippen molar-refractivity contribution in [2.45, 2.75) is 31.2 Å². The molecule has 7 nitrogen and oxygen atoms in total. The van der Waals surface area contributed by atoms with E-state index >= 15 is 0 Å². The molecule has 1 aliphatic rings. The molecule has 3 aromatic rings. The van der Waals surface area contributed by atoms with Gasteiger partial charge in [0.25, 0.3) is 0 Å². The molecule has 0 N–H and O–H groups in total. The van der Waals surface area contributed by atoms with Crippen molar-refractivity contribution in [2.24, 2.45) is 0 Å². The van der Waals surface area contributed by atoms with Crippen molar-refractivity contribution in [3.8, 4) is 0 Å². The molecule has 1 amide bonds. The second-order valence-electron chi connectivity index (χ2n) is 7.68. The first kappa shape index (κ1) is 20.7. The smallest absolute Gasteiger partial charge is 0.223 e. The predicted octanol–water partition coefficient (Wildman–Crippen LogP) is 2.90. The van der Waals surface area contributed by atoms with Crippen molar-refractivity contribution in [3.05, 3.63) is 48.0 Å². The summed E-state index contributed by atoms with van der Waals surface area (Å²) in [6.45, 7) is 6.05. The summed E-state index contributed by atoms with van der Waals surface area (Å²) >= 11 is 0.985. The number of hydrogen-bond acceptors (Lipinski definition) is 7. The number of anilines is 1. The first-order valence-electron chi connectivity index (χ1n) is 9.90.